The maximum Gasteiger partial charge on any atom is 0.254 e. The lowest BCUT2D eigenvalue weighted by atomic mass is 10.1. The summed E-state index contributed by atoms with van der Waals surface area (Å²) in [6.07, 6.45) is 3.56. The molecule has 1 aromatic heterocycles. The highest BCUT2D eigenvalue weighted by Gasteiger charge is 2.28. The summed E-state index contributed by atoms with van der Waals surface area (Å²) in [5, 5.41) is 17.0. The van der Waals surface area contributed by atoms with Gasteiger partial charge >= 0.3 is 0 Å². The number of benzene rings is 1. The van der Waals surface area contributed by atoms with E-state index in [2.05, 4.69) is 10.2 Å². The highest BCUT2D eigenvalue weighted by Crippen LogP contribution is 2.21. The van der Waals surface area contributed by atoms with E-state index in [1.807, 2.05) is 12.1 Å². The number of fused-ring (bicyclic) bond motifs is 1. The van der Waals surface area contributed by atoms with Crippen molar-refractivity contribution in [2.24, 2.45) is 0 Å². The first-order chi connectivity index (χ1) is 8.79. The van der Waals surface area contributed by atoms with Gasteiger partial charge < -0.3 is 10.0 Å². The zero-order chi connectivity index (χ0) is 12.5. The van der Waals surface area contributed by atoms with Gasteiger partial charge in [-0.25, -0.2) is 0 Å². The minimum Gasteiger partial charge on any atom is -0.394 e. The summed E-state index contributed by atoms with van der Waals surface area (Å²) in [4.78, 5) is 14.1. The molecule has 1 amide bonds. The quantitative estimate of drug-likeness (QED) is 0.834. The molecule has 1 aliphatic heterocycles. The summed E-state index contributed by atoms with van der Waals surface area (Å²) in [6.45, 7) is 0.771. The molecule has 0 spiro atoms. The van der Waals surface area contributed by atoms with Crippen LogP contribution in [0.5, 0.6) is 0 Å². The molecule has 2 aromatic rings. The standard InChI is InChI=1S/C13H15N3O2/c17-8-11-2-1-5-16(11)13(18)9-3-4-12-10(6-9)7-14-15-12/h3-4,6-7,11,17H,1-2,5,8H2,(H,14,15)/t11-/m0/s1. The van der Waals surface area contributed by atoms with Crippen LogP contribution in [0.1, 0.15) is 23.2 Å². The van der Waals surface area contributed by atoms with Gasteiger partial charge in [-0.1, -0.05) is 0 Å². The molecule has 1 atom stereocenters. The first-order valence-corrected chi connectivity index (χ1v) is 6.14. The van der Waals surface area contributed by atoms with Crippen LogP contribution >= 0.6 is 0 Å². The molecule has 1 fully saturated rings. The molecule has 0 bridgehead atoms. The molecule has 5 heteroatoms. The van der Waals surface area contributed by atoms with Crippen LogP contribution in [-0.2, 0) is 0 Å². The molecule has 2 N–H and O–H groups in total. The molecule has 1 saturated heterocycles. The second kappa shape index (κ2) is 4.42. The van der Waals surface area contributed by atoms with Crippen molar-refractivity contribution in [1.82, 2.24) is 15.1 Å². The fraction of sp³-hybridized carbons (Fsp3) is 0.385. The molecule has 0 aliphatic carbocycles. The molecule has 5 nitrogen and oxygen atoms in total. The van der Waals surface area contributed by atoms with Crippen LogP contribution in [0.15, 0.2) is 24.4 Å². The lowest BCUT2D eigenvalue weighted by molar-refractivity contribution is 0.0678. The van der Waals surface area contributed by atoms with Crippen LogP contribution < -0.4 is 0 Å². The first-order valence-electron chi connectivity index (χ1n) is 6.14. The number of hydrogen-bond donors (Lipinski definition) is 2. The number of rotatable bonds is 2. The summed E-state index contributed by atoms with van der Waals surface area (Å²) in [6, 6.07) is 5.47. The summed E-state index contributed by atoms with van der Waals surface area (Å²) in [5.74, 6) is -0.00495. The van der Waals surface area contributed by atoms with Gasteiger partial charge in [0.15, 0.2) is 0 Å². The Hall–Kier alpha value is -1.88. The van der Waals surface area contributed by atoms with Gasteiger partial charge in [-0.3, -0.25) is 9.89 Å². The minimum atomic E-state index is -0.0300. The Morgan fingerprint density at radius 2 is 2.44 bits per heavy atom. The van der Waals surface area contributed by atoms with Gasteiger partial charge in [-0.2, -0.15) is 5.10 Å². The largest absolute Gasteiger partial charge is 0.394 e. The average Bonchev–Trinajstić information content (AvgIpc) is 3.05. The molecule has 0 saturated carbocycles. The fourth-order valence-electron chi connectivity index (χ4n) is 2.53. The smallest absolute Gasteiger partial charge is 0.254 e. The lowest BCUT2D eigenvalue weighted by Gasteiger charge is -2.23. The predicted molar refractivity (Wildman–Crippen MR) is 67.2 cm³/mol. The van der Waals surface area contributed by atoms with E-state index >= 15 is 0 Å². The Kier molecular flexibility index (Phi) is 2.76. The zero-order valence-electron chi connectivity index (χ0n) is 9.97. The maximum atomic E-state index is 12.4. The third kappa shape index (κ3) is 1.76. The number of aromatic amines is 1. The van der Waals surface area contributed by atoms with E-state index in [0.29, 0.717) is 5.56 Å². The molecule has 94 valence electrons. The number of amides is 1. The summed E-state index contributed by atoms with van der Waals surface area (Å²) in [5.41, 5.74) is 1.58. The van der Waals surface area contributed by atoms with Crippen LogP contribution in [0.25, 0.3) is 10.9 Å². The topological polar surface area (TPSA) is 69.2 Å². The van der Waals surface area contributed by atoms with Crippen LogP contribution in [0.3, 0.4) is 0 Å². The number of H-pyrrole nitrogens is 1. The minimum absolute atomic E-state index is 0.00495. The highest BCUT2D eigenvalue weighted by atomic mass is 16.3. The summed E-state index contributed by atoms with van der Waals surface area (Å²) >= 11 is 0. The molecule has 3 rings (SSSR count). The van der Waals surface area contributed by atoms with Crippen LogP contribution in [0.4, 0.5) is 0 Å². The second-order valence-electron chi connectivity index (χ2n) is 4.65. The van der Waals surface area contributed by atoms with Gasteiger partial charge in [-0.05, 0) is 31.0 Å². The van der Waals surface area contributed by atoms with Gasteiger partial charge in [0.05, 0.1) is 24.4 Å². The Morgan fingerprint density at radius 3 is 3.28 bits per heavy atom. The van der Waals surface area contributed by atoms with Gasteiger partial charge in [0.2, 0.25) is 0 Å². The molecule has 1 aliphatic rings. The molecule has 0 radical (unpaired) electrons. The SMILES string of the molecule is O=C(c1ccc2[nH]ncc2c1)N1CCC[C@H]1CO. The third-order valence-electron chi connectivity index (χ3n) is 3.54. The molecule has 1 aromatic carbocycles. The number of carbonyl (C=O) groups excluding carboxylic acids is 1. The number of aromatic nitrogens is 2. The molecule has 2 heterocycles. The second-order valence-corrected chi connectivity index (χ2v) is 4.65. The van der Waals surface area contributed by atoms with E-state index in [4.69, 9.17) is 0 Å². The Morgan fingerprint density at radius 1 is 1.56 bits per heavy atom. The maximum absolute atomic E-state index is 12.4. The number of carbonyl (C=O) groups is 1. The lowest BCUT2D eigenvalue weighted by Crippen LogP contribution is -2.37. The predicted octanol–water partition coefficient (Wildman–Crippen LogP) is 1.16. The number of hydrogen-bond acceptors (Lipinski definition) is 3. The van der Waals surface area contributed by atoms with Crippen molar-refractivity contribution in [3.05, 3.63) is 30.0 Å². The van der Waals surface area contributed by atoms with Crippen molar-refractivity contribution in [2.75, 3.05) is 13.2 Å². The number of nitrogens with one attached hydrogen (secondary N) is 1. The number of likely N-dealkylation sites (tertiary alicyclic amines) is 1. The van der Waals surface area contributed by atoms with E-state index in [9.17, 15) is 9.90 Å². The Balaban J connectivity index is 1.91. The van der Waals surface area contributed by atoms with Crippen molar-refractivity contribution >= 4 is 16.8 Å². The van der Waals surface area contributed by atoms with E-state index in [0.717, 1.165) is 30.3 Å². The highest BCUT2D eigenvalue weighted by molar-refractivity contribution is 5.98. The third-order valence-corrected chi connectivity index (χ3v) is 3.54. The van der Waals surface area contributed by atoms with Crippen LogP contribution in [0, 0.1) is 0 Å². The van der Waals surface area contributed by atoms with Crippen LogP contribution in [-0.4, -0.2) is 45.3 Å². The number of aliphatic hydroxyl groups excluding tert-OH is 1. The molecule has 0 unspecified atom stereocenters. The summed E-state index contributed by atoms with van der Waals surface area (Å²) < 4.78 is 0. The van der Waals surface area contributed by atoms with Crippen molar-refractivity contribution in [3.8, 4) is 0 Å². The summed E-state index contributed by atoms with van der Waals surface area (Å²) in [7, 11) is 0. The first kappa shape index (κ1) is 11.2. The van der Waals surface area contributed by atoms with Gasteiger partial charge in [0.1, 0.15) is 0 Å². The fourth-order valence-corrected chi connectivity index (χ4v) is 2.53. The van der Waals surface area contributed by atoms with E-state index < -0.39 is 0 Å². The zero-order valence-corrected chi connectivity index (χ0v) is 9.97. The molecular formula is C13H15N3O2. The van der Waals surface area contributed by atoms with Gasteiger partial charge in [0, 0.05) is 17.5 Å². The normalized spacial score (nSPS) is 19.6. The number of aliphatic hydroxyl groups is 1. The van der Waals surface area contributed by atoms with Crippen LogP contribution in [0.2, 0.25) is 0 Å². The van der Waals surface area contributed by atoms with Gasteiger partial charge in [0.25, 0.3) is 5.91 Å². The van der Waals surface area contributed by atoms with Crippen molar-refractivity contribution in [3.63, 3.8) is 0 Å². The van der Waals surface area contributed by atoms with Crippen molar-refractivity contribution in [2.45, 2.75) is 18.9 Å². The van der Waals surface area contributed by atoms with Crippen molar-refractivity contribution < 1.29 is 9.90 Å². The molecule has 18 heavy (non-hydrogen) atoms. The van der Waals surface area contributed by atoms with Crippen molar-refractivity contribution in [1.29, 1.82) is 0 Å². The van der Waals surface area contributed by atoms with E-state index in [1.165, 1.54) is 0 Å². The van der Waals surface area contributed by atoms with E-state index in [-0.39, 0.29) is 18.6 Å². The average molecular weight is 245 g/mol. The number of nitrogens with zero attached hydrogens (tertiary/aromatic N) is 2. The van der Waals surface area contributed by atoms with E-state index in [1.54, 1.807) is 17.2 Å². The molecular weight excluding hydrogens is 230 g/mol. The monoisotopic (exact) mass is 245 g/mol. The van der Waals surface area contributed by atoms with Gasteiger partial charge in [-0.15, -0.1) is 0 Å². The Bertz CT molecular complexity index is 578. The Labute approximate surface area is 104 Å².